The maximum absolute atomic E-state index is 8.70. The zero-order valence-corrected chi connectivity index (χ0v) is 11.7. The molecular formula is C12H14BrClN2. The van der Waals surface area contributed by atoms with Gasteiger partial charge in [0, 0.05) is 29.1 Å². The maximum atomic E-state index is 8.70. The van der Waals surface area contributed by atoms with Gasteiger partial charge in [-0.3, -0.25) is 0 Å². The van der Waals surface area contributed by atoms with Crippen LogP contribution in [0.4, 0.5) is 5.69 Å². The Labute approximate surface area is 110 Å². The van der Waals surface area contributed by atoms with Gasteiger partial charge in [0.1, 0.15) is 0 Å². The zero-order chi connectivity index (χ0) is 12.1. The van der Waals surface area contributed by atoms with Crippen LogP contribution in [0.3, 0.4) is 0 Å². The number of benzene rings is 1. The summed E-state index contributed by atoms with van der Waals surface area (Å²) in [5, 5.41) is 8.70. The largest absolute Gasteiger partial charge is 0.371 e. The molecule has 0 saturated heterocycles. The first-order valence-corrected chi connectivity index (χ1v) is 6.37. The lowest BCUT2D eigenvalue weighted by Gasteiger charge is -2.27. The van der Waals surface area contributed by atoms with Gasteiger partial charge in [0.2, 0.25) is 0 Å². The minimum Gasteiger partial charge on any atom is -0.371 e. The van der Waals surface area contributed by atoms with Crippen LogP contribution >= 0.6 is 27.5 Å². The molecule has 16 heavy (non-hydrogen) atoms. The smallest absolute Gasteiger partial charge is 0.0643 e. The minimum absolute atomic E-state index is 0.182. The lowest BCUT2D eigenvalue weighted by molar-refractivity contribution is 0.700. The van der Waals surface area contributed by atoms with Gasteiger partial charge in [-0.2, -0.15) is 5.26 Å². The summed E-state index contributed by atoms with van der Waals surface area (Å²) < 4.78 is 1.02. The van der Waals surface area contributed by atoms with Crippen LogP contribution in [0.5, 0.6) is 0 Å². The summed E-state index contributed by atoms with van der Waals surface area (Å²) in [6.45, 7) is 2.03. The molecule has 0 aliphatic rings. The molecule has 0 heterocycles. The molecule has 0 saturated carbocycles. The number of nitrogens with zero attached hydrogens (tertiary/aromatic N) is 2. The average molecular weight is 302 g/mol. The van der Waals surface area contributed by atoms with Gasteiger partial charge >= 0.3 is 0 Å². The van der Waals surface area contributed by atoms with E-state index in [9.17, 15) is 0 Å². The van der Waals surface area contributed by atoms with E-state index in [1.54, 1.807) is 0 Å². The molecule has 1 aromatic rings. The normalized spacial score (nSPS) is 11.9. The van der Waals surface area contributed by atoms with Gasteiger partial charge in [0.05, 0.1) is 12.5 Å². The van der Waals surface area contributed by atoms with Crippen molar-refractivity contribution in [1.82, 2.24) is 0 Å². The average Bonchev–Trinajstić information content (AvgIpc) is 2.28. The summed E-state index contributed by atoms with van der Waals surface area (Å²) in [6.07, 6.45) is 0.505. The molecule has 4 heteroatoms. The Balaban J connectivity index is 3.01. The minimum atomic E-state index is 0.182. The van der Waals surface area contributed by atoms with Gasteiger partial charge in [-0.25, -0.2) is 0 Å². The monoisotopic (exact) mass is 300 g/mol. The second-order valence-electron chi connectivity index (χ2n) is 3.73. The number of anilines is 1. The number of alkyl halides is 1. The first-order chi connectivity index (χ1) is 7.60. The van der Waals surface area contributed by atoms with Crippen molar-refractivity contribution in [3.05, 3.63) is 28.2 Å². The summed E-state index contributed by atoms with van der Waals surface area (Å²) in [5.41, 5.74) is 2.16. The van der Waals surface area contributed by atoms with E-state index in [2.05, 4.69) is 26.9 Å². The highest BCUT2D eigenvalue weighted by Crippen LogP contribution is 2.27. The lowest BCUT2D eigenvalue weighted by Crippen LogP contribution is -2.29. The Hall–Kier alpha value is -0.720. The predicted molar refractivity (Wildman–Crippen MR) is 71.8 cm³/mol. The zero-order valence-electron chi connectivity index (χ0n) is 9.37. The molecule has 0 spiro atoms. The van der Waals surface area contributed by atoms with Crippen LogP contribution in [-0.2, 0) is 5.88 Å². The summed E-state index contributed by atoms with van der Waals surface area (Å²) >= 11 is 9.35. The van der Waals surface area contributed by atoms with Gasteiger partial charge in [0.25, 0.3) is 0 Å². The molecule has 1 aromatic carbocycles. The van der Waals surface area contributed by atoms with Gasteiger partial charge in [-0.15, -0.1) is 11.6 Å². The standard InChI is InChI=1S/C12H14BrClN2/c1-9(5-6-15)16(2)12-7-11(13)4-3-10(12)8-14/h3-4,7,9H,5,8H2,1-2H3. The van der Waals surface area contributed by atoms with Crippen molar-refractivity contribution in [2.45, 2.75) is 25.3 Å². The van der Waals surface area contributed by atoms with Gasteiger partial charge in [-0.1, -0.05) is 22.0 Å². The molecule has 1 atom stereocenters. The van der Waals surface area contributed by atoms with Crippen molar-refractivity contribution in [2.75, 3.05) is 11.9 Å². The molecule has 0 aromatic heterocycles. The number of rotatable bonds is 4. The first-order valence-electron chi connectivity index (χ1n) is 5.04. The number of hydrogen-bond acceptors (Lipinski definition) is 2. The van der Waals surface area contributed by atoms with Crippen LogP contribution in [0.15, 0.2) is 22.7 Å². The SMILES string of the molecule is CC(CC#N)N(C)c1cc(Br)ccc1CCl. The quantitative estimate of drug-likeness (QED) is 0.788. The Morgan fingerprint density at radius 3 is 2.81 bits per heavy atom. The lowest BCUT2D eigenvalue weighted by atomic mass is 10.1. The number of hydrogen-bond donors (Lipinski definition) is 0. The fourth-order valence-electron chi connectivity index (χ4n) is 1.48. The molecule has 0 bridgehead atoms. The van der Waals surface area contributed by atoms with E-state index in [1.807, 2.05) is 32.2 Å². The molecule has 0 amide bonds. The summed E-state index contributed by atoms with van der Waals surface area (Å²) in [7, 11) is 1.99. The third-order valence-electron chi connectivity index (χ3n) is 2.62. The molecule has 0 radical (unpaired) electrons. The Bertz CT molecular complexity index is 400. The molecule has 86 valence electrons. The molecular weight excluding hydrogens is 288 g/mol. The Morgan fingerprint density at radius 2 is 2.25 bits per heavy atom. The van der Waals surface area contributed by atoms with Gasteiger partial charge in [0.15, 0.2) is 0 Å². The molecule has 2 nitrogen and oxygen atoms in total. The van der Waals surface area contributed by atoms with Crippen molar-refractivity contribution in [3.63, 3.8) is 0 Å². The summed E-state index contributed by atoms with van der Waals surface area (Å²) in [5.74, 6) is 0.478. The van der Waals surface area contributed by atoms with Gasteiger partial charge < -0.3 is 4.90 Å². The molecule has 1 unspecified atom stereocenters. The van der Waals surface area contributed by atoms with Crippen LogP contribution in [-0.4, -0.2) is 13.1 Å². The topological polar surface area (TPSA) is 27.0 Å². The molecule has 1 rings (SSSR count). The van der Waals surface area contributed by atoms with Crippen LogP contribution in [0.2, 0.25) is 0 Å². The number of halogens is 2. The van der Waals surface area contributed by atoms with E-state index in [0.29, 0.717) is 12.3 Å². The van der Waals surface area contributed by atoms with E-state index < -0.39 is 0 Å². The second-order valence-corrected chi connectivity index (χ2v) is 4.91. The fourth-order valence-corrected chi connectivity index (χ4v) is 2.06. The third kappa shape index (κ3) is 3.13. The summed E-state index contributed by atoms with van der Waals surface area (Å²) in [4.78, 5) is 2.09. The highest BCUT2D eigenvalue weighted by molar-refractivity contribution is 9.10. The Morgan fingerprint density at radius 1 is 1.56 bits per heavy atom. The van der Waals surface area contributed by atoms with Crippen molar-refractivity contribution >= 4 is 33.2 Å². The highest BCUT2D eigenvalue weighted by Gasteiger charge is 2.13. The van der Waals surface area contributed by atoms with Crippen molar-refractivity contribution in [1.29, 1.82) is 5.26 Å². The third-order valence-corrected chi connectivity index (χ3v) is 3.40. The summed E-state index contributed by atoms with van der Waals surface area (Å²) in [6, 6.07) is 8.38. The maximum Gasteiger partial charge on any atom is 0.0643 e. The van der Waals surface area contributed by atoms with Crippen LogP contribution in [0.1, 0.15) is 18.9 Å². The van der Waals surface area contributed by atoms with Crippen LogP contribution < -0.4 is 4.90 Å². The van der Waals surface area contributed by atoms with Crippen LogP contribution in [0.25, 0.3) is 0 Å². The van der Waals surface area contributed by atoms with E-state index in [1.165, 1.54) is 0 Å². The number of nitriles is 1. The van der Waals surface area contributed by atoms with Gasteiger partial charge in [-0.05, 0) is 24.6 Å². The van der Waals surface area contributed by atoms with E-state index in [-0.39, 0.29) is 6.04 Å². The van der Waals surface area contributed by atoms with Crippen molar-refractivity contribution in [3.8, 4) is 6.07 Å². The molecule has 0 N–H and O–H groups in total. The van der Waals surface area contributed by atoms with E-state index in [0.717, 1.165) is 15.7 Å². The molecule has 0 fully saturated rings. The fraction of sp³-hybridized carbons (Fsp3) is 0.417. The van der Waals surface area contributed by atoms with E-state index in [4.69, 9.17) is 16.9 Å². The van der Waals surface area contributed by atoms with Crippen molar-refractivity contribution < 1.29 is 0 Å². The van der Waals surface area contributed by atoms with E-state index >= 15 is 0 Å². The van der Waals surface area contributed by atoms with Crippen molar-refractivity contribution in [2.24, 2.45) is 0 Å². The molecule has 0 aliphatic heterocycles. The highest BCUT2D eigenvalue weighted by atomic mass is 79.9. The predicted octanol–water partition coefficient (Wildman–Crippen LogP) is 3.93. The second kappa shape index (κ2) is 6.12. The first kappa shape index (κ1) is 13.3. The van der Waals surface area contributed by atoms with Crippen LogP contribution in [0, 0.1) is 11.3 Å². The Kier molecular flexibility index (Phi) is 5.11. The molecule has 0 aliphatic carbocycles.